The summed E-state index contributed by atoms with van der Waals surface area (Å²) in [6.45, 7) is 2.17. The van der Waals surface area contributed by atoms with Crippen LogP contribution in [0, 0.1) is 0 Å². The van der Waals surface area contributed by atoms with Crippen molar-refractivity contribution in [2.24, 2.45) is 0 Å². The molecule has 0 aliphatic carbocycles. The van der Waals surface area contributed by atoms with Crippen LogP contribution in [0.2, 0.25) is 0 Å². The minimum Gasteiger partial charge on any atom is -0.496 e. The van der Waals surface area contributed by atoms with Crippen molar-refractivity contribution in [3.05, 3.63) is 52.2 Å². The summed E-state index contributed by atoms with van der Waals surface area (Å²) in [5.41, 5.74) is 0.937. The number of para-hydroxylation sites is 1. The smallest absolute Gasteiger partial charge is 0.315 e. The molecule has 0 saturated heterocycles. The zero-order chi connectivity index (χ0) is 16.7. The van der Waals surface area contributed by atoms with Gasteiger partial charge in [0, 0.05) is 10.4 Å². The number of benzene rings is 1. The van der Waals surface area contributed by atoms with Crippen LogP contribution in [0.4, 0.5) is 4.79 Å². The van der Waals surface area contributed by atoms with Gasteiger partial charge in [-0.15, -0.1) is 11.3 Å². The van der Waals surface area contributed by atoms with Crippen LogP contribution in [0.3, 0.4) is 0 Å². The highest BCUT2D eigenvalue weighted by Gasteiger charge is 2.17. The van der Waals surface area contributed by atoms with E-state index in [0.29, 0.717) is 0 Å². The number of amides is 2. The van der Waals surface area contributed by atoms with Crippen LogP contribution in [0.25, 0.3) is 0 Å². The van der Waals surface area contributed by atoms with Crippen molar-refractivity contribution in [1.29, 1.82) is 0 Å². The molecule has 0 aliphatic rings. The molecule has 0 aliphatic heterocycles. The zero-order valence-electron chi connectivity index (χ0n) is 13.3. The molecule has 1 aromatic heterocycles. The number of methoxy groups -OCH3 is 1. The molecule has 3 N–H and O–H groups in total. The van der Waals surface area contributed by atoms with E-state index in [4.69, 9.17) is 4.74 Å². The Morgan fingerprint density at radius 1 is 1.30 bits per heavy atom. The molecule has 0 fully saturated rings. The molecule has 5 nitrogen and oxygen atoms in total. The lowest BCUT2D eigenvalue weighted by atomic mass is 10.0. The van der Waals surface area contributed by atoms with E-state index < -0.39 is 6.10 Å². The Balaban J connectivity index is 1.92. The van der Waals surface area contributed by atoms with E-state index in [1.807, 2.05) is 48.7 Å². The molecule has 0 spiro atoms. The van der Waals surface area contributed by atoms with Gasteiger partial charge in [-0.1, -0.05) is 31.2 Å². The van der Waals surface area contributed by atoms with Gasteiger partial charge >= 0.3 is 6.03 Å². The van der Waals surface area contributed by atoms with Crippen LogP contribution >= 0.6 is 11.3 Å². The van der Waals surface area contributed by atoms with Crippen molar-refractivity contribution in [2.45, 2.75) is 25.5 Å². The summed E-state index contributed by atoms with van der Waals surface area (Å²) in [6.07, 6.45) is 0.0495. The summed E-state index contributed by atoms with van der Waals surface area (Å²) < 4.78 is 5.35. The number of carbonyl (C=O) groups is 1. The lowest BCUT2D eigenvalue weighted by molar-refractivity contribution is 0.175. The molecule has 0 bridgehead atoms. The summed E-state index contributed by atoms with van der Waals surface area (Å²) in [5.74, 6) is 0.748. The summed E-state index contributed by atoms with van der Waals surface area (Å²) in [5, 5.41) is 17.5. The minimum atomic E-state index is -0.688. The molecule has 1 heterocycles. The van der Waals surface area contributed by atoms with Crippen LogP contribution in [0.1, 0.15) is 35.9 Å². The number of ether oxygens (including phenoxy) is 1. The highest BCUT2D eigenvalue weighted by atomic mass is 32.1. The van der Waals surface area contributed by atoms with E-state index in [2.05, 4.69) is 10.6 Å². The fraction of sp³-hybridized carbons (Fsp3) is 0.353. The van der Waals surface area contributed by atoms with Crippen molar-refractivity contribution >= 4 is 17.4 Å². The maximum Gasteiger partial charge on any atom is 0.315 e. The lowest BCUT2D eigenvalue weighted by Crippen LogP contribution is -2.39. The summed E-state index contributed by atoms with van der Waals surface area (Å²) in [7, 11) is 1.61. The second-order valence-electron chi connectivity index (χ2n) is 5.09. The molecule has 2 aromatic rings. The molecule has 2 amide bonds. The van der Waals surface area contributed by atoms with E-state index in [9.17, 15) is 9.90 Å². The van der Waals surface area contributed by atoms with E-state index in [1.54, 1.807) is 7.11 Å². The highest BCUT2D eigenvalue weighted by molar-refractivity contribution is 7.10. The topological polar surface area (TPSA) is 70.6 Å². The van der Waals surface area contributed by atoms with Crippen LogP contribution in [0.15, 0.2) is 41.8 Å². The second kappa shape index (κ2) is 8.55. The Hall–Kier alpha value is -2.05. The molecule has 0 saturated carbocycles. The van der Waals surface area contributed by atoms with Crippen molar-refractivity contribution in [3.8, 4) is 5.75 Å². The lowest BCUT2D eigenvalue weighted by Gasteiger charge is -2.20. The number of rotatable bonds is 7. The minimum absolute atomic E-state index is 0.148. The fourth-order valence-corrected chi connectivity index (χ4v) is 3.05. The quantitative estimate of drug-likeness (QED) is 0.728. The highest BCUT2D eigenvalue weighted by Crippen LogP contribution is 2.26. The Kier molecular flexibility index (Phi) is 6.43. The number of urea groups is 1. The van der Waals surface area contributed by atoms with Gasteiger partial charge in [0.15, 0.2) is 0 Å². The average Bonchev–Trinajstić information content (AvgIpc) is 3.12. The number of thiophene rings is 1. The second-order valence-corrected chi connectivity index (χ2v) is 6.07. The van der Waals surface area contributed by atoms with Crippen molar-refractivity contribution in [3.63, 3.8) is 0 Å². The SMILES string of the molecule is CC[C@H](NC(=O)NC[C@@H](O)c1cccs1)c1ccccc1OC. The maximum atomic E-state index is 12.1. The molecule has 1 aromatic carbocycles. The number of aliphatic hydroxyl groups excluding tert-OH is 1. The van der Waals surface area contributed by atoms with Gasteiger partial charge in [-0.3, -0.25) is 0 Å². The number of hydrogen-bond acceptors (Lipinski definition) is 4. The third kappa shape index (κ3) is 4.71. The number of hydrogen-bond donors (Lipinski definition) is 3. The van der Waals surface area contributed by atoms with Gasteiger partial charge in [-0.25, -0.2) is 4.79 Å². The molecule has 0 unspecified atom stereocenters. The molecule has 2 rings (SSSR count). The predicted molar refractivity (Wildman–Crippen MR) is 91.8 cm³/mol. The van der Waals surface area contributed by atoms with E-state index in [1.165, 1.54) is 11.3 Å². The first kappa shape index (κ1) is 17.3. The largest absolute Gasteiger partial charge is 0.496 e. The van der Waals surface area contributed by atoms with Gasteiger partial charge in [-0.2, -0.15) is 0 Å². The first-order valence-corrected chi connectivity index (χ1v) is 8.42. The average molecular weight is 334 g/mol. The third-order valence-corrected chi connectivity index (χ3v) is 4.53. The molecule has 6 heteroatoms. The van der Waals surface area contributed by atoms with Crippen LogP contribution < -0.4 is 15.4 Å². The van der Waals surface area contributed by atoms with Crippen molar-refractivity contribution in [2.75, 3.05) is 13.7 Å². The number of aliphatic hydroxyl groups is 1. The molecule has 0 radical (unpaired) electrons. The third-order valence-electron chi connectivity index (χ3n) is 3.56. The van der Waals surface area contributed by atoms with Gasteiger partial charge < -0.3 is 20.5 Å². The van der Waals surface area contributed by atoms with Crippen LogP contribution in [0.5, 0.6) is 5.75 Å². The fourth-order valence-electron chi connectivity index (χ4n) is 2.33. The summed E-state index contributed by atoms with van der Waals surface area (Å²) in [6, 6.07) is 10.9. The van der Waals surface area contributed by atoms with Gasteiger partial charge in [0.2, 0.25) is 0 Å². The Labute approximate surface area is 140 Å². The Bertz CT molecular complexity index is 616. The molecule has 2 atom stereocenters. The summed E-state index contributed by atoms with van der Waals surface area (Å²) >= 11 is 1.46. The first-order valence-electron chi connectivity index (χ1n) is 7.54. The Morgan fingerprint density at radius 2 is 2.09 bits per heavy atom. The van der Waals surface area contributed by atoms with Crippen molar-refractivity contribution < 1.29 is 14.6 Å². The van der Waals surface area contributed by atoms with E-state index in [0.717, 1.165) is 22.6 Å². The maximum absolute atomic E-state index is 12.1. The van der Waals surface area contributed by atoms with Gasteiger partial charge in [0.25, 0.3) is 0 Å². The normalized spacial score (nSPS) is 13.2. The van der Waals surface area contributed by atoms with Gasteiger partial charge in [0.1, 0.15) is 11.9 Å². The zero-order valence-corrected chi connectivity index (χ0v) is 14.1. The summed E-state index contributed by atoms with van der Waals surface area (Å²) in [4.78, 5) is 12.9. The van der Waals surface area contributed by atoms with Gasteiger partial charge in [0.05, 0.1) is 19.7 Å². The number of nitrogens with one attached hydrogen (secondary N) is 2. The first-order chi connectivity index (χ1) is 11.2. The van der Waals surface area contributed by atoms with E-state index in [-0.39, 0.29) is 18.6 Å². The molecule has 124 valence electrons. The number of carbonyl (C=O) groups excluding carboxylic acids is 1. The van der Waals surface area contributed by atoms with Crippen molar-refractivity contribution in [1.82, 2.24) is 10.6 Å². The Morgan fingerprint density at radius 3 is 2.74 bits per heavy atom. The monoisotopic (exact) mass is 334 g/mol. The molecular weight excluding hydrogens is 312 g/mol. The molecule has 23 heavy (non-hydrogen) atoms. The predicted octanol–water partition coefficient (Wildman–Crippen LogP) is 3.24. The van der Waals surface area contributed by atoms with E-state index >= 15 is 0 Å². The standard InChI is InChI=1S/C17H22N2O3S/c1-3-13(12-7-4-5-8-15(12)22-2)19-17(21)18-11-14(20)16-9-6-10-23-16/h4-10,13-14,20H,3,11H2,1-2H3,(H2,18,19,21)/t13-,14+/m0/s1. The van der Waals surface area contributed by atoms with Gasteiger partial charge in [-0.05, 0) is 23.9 Å². The molecular formula is C17H22N2O3S. The van der Waals surface area contributed by atoms with Crippen LogP contribution in [-0.4, -0.2) is 24.8 Å². The van der Waals surface area contributed by atoms with Crippen LogP contribution in [-0.2, 0) is 0 Å².